The van der Waals surface area contributed by atoms with Gasteiger partial charge in [-0.3, -0.25) is 0 Å². The molecule has 0 aliphatic rings. The molecule has 0 spiro atoms. The van der Waals surface area contributed by atoms with Crippen LogP contribution in [0.3, 0.4) is 0 Å². The fraction of sp³-hybridized carbons (Fsp3) is 0.231. The van der Waals surface area contributed by atoms with E-state index in [1.165, 1.54) is 23.5 Å². The minimum atomic E-state index is -4.33. The Morgan fingerprint density at radius 1 is 1.15 bits per heavy atom. The fourth-order valence-electron chi connectivity index (χ4n) is 1.73. The lowest BCUT2D eigenvalue weighted by atomic mass is 10.1. The van der Waals surface area contributed by atoms with Crippen molar-refractivity contribution in [1.82, 2.24) is 0 Å². The van der Waals surface area contributed by atoms with Gasteiger partial charge in [-0.2, -0.15) is 13.2 Å². The third-order valence-corrected chi connectivity index (χ3v) is 4.26. The highest BCUT2D eigenvalue weighted by atomic mass is 35.5. The Balaban J connectivity index is 2.12. The van der Waals surface area contributed by atoms with Gasteiger partial charge >= 0.3 is 6.18 Å². The van der Waals surface area contributed by atoms with Crippen LogP contribution >= 0.6 is 34.5 Å². The summed E-state index contributed by atoms with van der Waals surface area (Å²) in [5, 5.41) is 3.09. The third kappa shape index (κ3) is 3.59. The molecule has 0 aliphatic heterocycles. The first-order chi connectivity index (χ1) is 9.27. The number of hydrogen-bond donors (Lipinski definition) is 1. The Kier molecular flexibility index (Phi) is 4.52. The quantitative estimate of drug-likeness (QED) is 0.697. The van der Waals surface area contributed by atoms with Crippen molar-refractivity contribution >= 4 is 40.2 Å². The van der Waals surface area contributed by atoms with Gasteiger partial charge in [0.25, 0.3) is 0 Å². The van der Waals surface area contributed by atoms with Gasteiger partial charge in [0.15, 0.2) is 0 Å². The van der Waals surface area contributed by atoms with Crippen molar-refractivity contribution in [2.45, 2.75) is 19.1 Å². The summed E-state index contributed by atoms with van der Waals surface area (Å²) < 4.78 is 38.5. The van der Waals surface area contributed by atoms with Crippen LogP contribution in [-0.4, -0.2) is 0 Å². The van der Waals surface area contributed by atoms with Gasteiger partial charge in [-0.15, -0.1) is 11.3 Å². The average Bonchev–Trinajstić information content (AvgIpc) is 2.68. The summed E-state index contributed by atoms with van der Waals surface area (Å²) in [7, 11) is 0. The molecule has 1 atom stereocenters. The lowest BCUT2D eigenvalue weighted by Crippen LogP contribution is -2.08. The number of alkyl halides is 3. The molecule has 0 fully saturated rings. The molecule has 20 heavy (non-hydrogen) atoms. The Bertz CT molecular complexity index is 593. The Hall–Kier alpha value is -0.910. The molecule has 108 valence electrons. The van der Waals surface area contributed by atoms with E-state index >= 15 is 0 Å². The van der Waals surface area contributed by atoms with Gasteiger partial charge in [0.1, 0.15) is 0 Å². The molecule has 1 nitrogen and oxygen atoms in total. The third-order valence-electron chi connectivity index (χ3n) is 2.74. The number of benzene rings is 1. The van der Waals surface area contributed by atoms with E-state index in [-0.39, 0.29) is 6.04 Å². The van der Waals surface area contributed by atoms with Gasteiger partial charge in [-0.1, -0.05) is 23.2 Å². The molecule has 1 unspecified atom stereocenters. The predicted molar refractivity (Wildman–Crippen MR) is 77.8 cm³/mol. The molecule has 1 heterocycles. The van der Waals surface area contributed by atoms with Crippen LogP contribution in [0.15, 0.2) is 30.3 Å². The maximum Gasteiger partial charge on any atom is 0.416 e. The molecule has 2 rings (SSSR count). The van der Waals surface area contributed by atoms with Crippen LogP contribution in [-0.2, 0) is 6.18 Å². The van der Waals surface area contributed by atoms with Crippen LogP contribution in [0.2, 0.25) is 8.67 Å². The monoisotopic (exact) mass is 339 g/mol. The second-order valence-corrected chi connectivity index (χ2v) is 6.51. The van der Waals surface area contributed by atoms with E-state index in [4.69, 9.17) is 23.2 Å². The maximum atomic E-state index is 12.5. The second-order valence-electron chi connectivity index (χ2n) is 4.22. The first kappa shape index (κ1) is 15.5. The van der Waals surface area contributed by atoms with Crippen molar-refractivity contribution in [2.75, 3.05) is 5.32 Å². The predicted octanol–water partition coefficient (Wildman–Crippen LogP) is 6.25. The number of halogens is 5. The van der Waals surface area contributed by atoms with Crippen LogP contribution in [0, 0.1) is 0 Å². The van der Waals surface area contributed by atoms with E-state index < -0.39 is 11.7 Å². The van der Waals surface area contributed by atoms with Crippen LogP contribution in [0.5, 0.6) is 0 Å². The first-order valence-corrected chi connectivity index (χ1v) is 7.23. The van der Waals surface area contributed by atoms with E-state index in [9.17, 15) is 13.2 Å². The summed E-state index contributed by atoms with van der Waals surface area (Å²) in [4.78, 5) is 0. The Labute approximate surface area is 128 Å². The zero-order valence-corrected chi connectivity index (χ0v) is 12.6. The highest BCUT2D eigenvalue weighted by Gasteiger charge is 2.30. The van der Waals surface area contributed by atoms with E-state index in [2.05, 4.69) is 5.32 Å². The van der Waals surface area contributed by atoms with Crippen molar-refractivity contribution < 1.29 is 13.2 Å². The molecule has 7 heteroatoms. The molecule has 0 saturated carbocycles. The van der Waals surface area contributed by atoms with E-state index in [1.54, 1.807) is 6.07 Å². The summed E-state index contributed by atoms with van der Waals surface area (Å²) in [5.41, 5.74) is 0.734. The zero-order valence-electron chi connectivity index (χ0n) is 10.3. The minimum absolute atomic E-state index is 0.150. The summed E-state index contributed by atoms with van der Waals surface area (Å²) in [6, 6.07) is 6.45. The number of hydrogen-bond acceptors (Lipinski definition) is 2. The van der Waals surface area contributed by atoms with Crippen molar-refractivity contribution in [3.8, 4) is 0 Å². The van der Waals surface area contributed by atoms with Gasteiger partial charge in [0.2, 0.25) is 0 Å². The molecule has 0 saturated heterocycles. The summed E-state index contributed by atoms with van der Waals surface area (Å²) in [6.07, 6.45) is -4.33. The van der Waals surface area contributed by atoms with Gasteiger partial charge in [0, 0.05) is 11.3 Å². The minimum Gasteiger partial charge on any atom is -0.378 e. The highest BCUT2D eigenvalue weighted by Crippen LogP contribution is 2.36. The molecular formula is C13H10Cl2F3NS. The van der Waals surface area contributed by atoms with Gasteiger partial charge in [0.05, 0.1) is 20.3 Å². The SMILES string of the molecule is CC(Nc1ccc(C(F)(F)F)cc1)c1cc(Cl)sc1Cl. The molecule has 2 aromatic rings. The fourth-order valence-corrected chi connectivity index (χ4v) is 3.38. The smallest absolute Gasteiger partial charge is 0.378 e. The highest BCUT2D eigenvalue weighted by molar-refractivity contribution is 7.20. The topological polar surface area (TPSA) is 12.0 Å². The zero-order chi connectivity index (χ0) is 14.9. The molecule has 1 N–H and O–H groups in total. The number of anilines is 1. The summed E-state index contributed by atoms with van der Waals surface area (Å²) in [5.74, 6) is 0. The first-order valence-electron chi connectivity index (χ1n) is 5.66. The van der Waals surface area contributed by atoms with Gasteiger partial charge in [-0.25, -0.2) is 0 Å². The van der Waals surface area contributed by atoms with E-state index in [0.29, 0.717) is 14.4 Å². The molecule has 1 aromatic heterocycles. The van der Waals surface area contributed by atoms with E-state index in [0.717, 1.165) is 17.7 Å². The normalized spacial score (nSPS) is 13.3. The largest absolute Gasteiger partial charge is 0.416 e. The average molecular weight is 340 g/mol. The lowest BCUT2D eigenvalue weighted by molar-refractivity contribution is -0.137. The van der Waals surface area contributed by atoms with Gasteiger partial charge in [-0.05, 0) is 37.3 Å². The molecule has 1 aromatic carbocycles. The van der Waals surface area contributed by atoms with Crippen molar-refractivity contribution in [1.29, 1.82) is 0 Å². The lowest BCUT2D eigenvalue weighted by Gasteiger charge is -2.15. The van der Waals surface area contributed by atoms with Crippen LogP contribution in [0.4, 0.5) is 18.9 Å². The van der Waals surface area contributed by atoms with Crippen molar-refractivity contribution in [2.24, 2.45) is 0 Å². The molecule has 0 bridgehead atoms. The number of nitrogens with one attached hydrogen (secondary N) is 1. The van der Waals surface area contributed by atoms with Gasteiger partial charge < -0.3 is 5.32 Å². The number of rotatable bonds is 3. The van der Waals surface area contributed by atoms with E-state index in [1.807, 2.05) is 6.92 Å². The van der Waals surface area contributed by atoms with Crippen LogP contribution in [0.1, 0.15) is 24.1 Å². The van der Waals surface area contributed by atoms with Crippen LogP contribution < -0.4 is 5.32 Å². The second kappa shape index (κ2) is 5.84. The molecule has 0 aliphatic carbocycles. The molecule has 0 radical (unpaired) electrons. The number of thiophene rings is 1. The Morgan fingerprint density at radius 2 is 1.75 bits per heavy atom. The molecular weight excluding hydrogens is 330 g/mol. The van der Waals surface area contributed by atoms with Crippen LogP contribution in [0.25, 0.3) is 0 Å². The van der Waals surface area contributed by atoms with Crippen molar-refractivity contribution in [3.63, 3.8) is 0 Å². The standard InChI is InChI=1S/C13H10Cl2F3NS/c1-7(10-6-11(14)20-12(10)15)19-9-4-2-8(3-5-9)13(16,17)18/h2-7,19H,1H3. The van der Waals surface area contributed by atoms with Crippen molar-refractivity contribution in [3.05, 3.63) is 50.1 Å². The Morgan fingerprint density at radius 3 is 2.20 bits per heavy atom. The molecule has 0 amide bonds. The maximum absolute atomic E-state index is 12.5. The summed E-state index contributed by atoms with van der Waals surface area (Å²) >= 11 is 13.2. The summed E-state index contributed by atoms with van der Waals surface area (Å²) in [6.45, 7) is 1.86.